The van der Waals surface area contributed by atoms with E-state index in [0.29, 0.717) is 4.99 Å². The topological polar surface area (TPSA) is 43.8 Å². The van der Waals surface area contributed by atoms with Crippen LogP contribution < -0.4 is 5.73 Å². The summed E-state index contributed by atoms with van der Waals surface area (Å²) in [6.45, 7) is 7.26. The molecule has 1 rings (SSSR count). The molecule has 15 heavy (non-hydrogen) atoms. The number of nitrogens with zero attached hydrogens (tertiary/aromatic N) is 2. The Morgan fingerprint density at radius 1 is 1.47 bits per heavy atom. The van der Waals surface area contributed by atoms with Gasteiger partial charge in [-0.25, -0.2) is 0 Å². The lowest BCUT2D eigenvalue weighted by molar-refractivity contribution is 0.571. The van der Waals surface area contributed by atoms with Crippen molar-refractivity contribution in [1.82, 2.24) is 9.78 Å². The first-order chi connectivity index (χ1) is 7.06. The molecule has 1 aromatic rings. The Balaban J connectivity index is 2.65. The molecule has 0 aromatic carbocycles. The monoisotopic (exact) mass is 225 g/mol. The van der Waals surface area contributed by atoms with E-state index >= 15 is 0 Å². The average Bonchev–Trinajstić information content (AvgIpc) is 2.41. The largest absolute Gasteiger partial charge is 0.393 e. The van der Waals surface area contributed by atoms with Crippen molar-refractivity contribution in [3.8, 4) is 0 Å². The van der Waals surface area contributed by atoms with Crippen LogP contribution in [0.5, 0.6) is 0 Å². The van der Waals surface area contributed by atoms with E-state index < -0.39 is 0 Å². The first-order valence-corrected chi connectivity index (χ1v) is 5.78. The highest BCUT2D eigenvalue weighted by molar-refractivity contribution is 7.80. The normalized spacial score (nSPS) is 10.6. The molecule has 0 spiro atoms. The lowest BCUT2D eigenvalue weighted by Crippen LogP contribution is -2.10. The molecule has 0 radical (unpaired) electrons. The van der Waals surface area contributed by atoms with Crippen LogP contribution in [0.1, 0.15) is 36.7 Å². The lowest BCUT2D eigenvalue weighted by Gasteiger charge is -2.04. The van der Waals surface area contributed by atoms with Gasteiger partial charge >= 0.3 is 0 Å². The zero-order valence-corrected chi connectivity index (χ0v) is 10.5. The maximum atomic E-state index is 5.46. The van der Waals surface area contributed by atoms with Crippen LogP contribution in [0.3, 0.4) is 0 Å². The van der Waals surface area contributed by atoms with Gasteiger partial charge in [0.25, 0.3) is 0 Å². The van der Waals surface area contributed by atoms with E-state index in [1.807, 2.05) is 0 Å². The molecule has 84 valence electrons. The van der Waals surface area contributed by atoms with Gasteiger partial charge < -0.3 is 5.73 Å². The summed E-state index contributed by atoms with van der Waals surface area (Å²) in [5, 5.41) is 4.51. The van der Waals surface area contributed by atoms with E-state index in [9.17, 15) is 0 Å². The fourth-order valence-electron chi connectivity index (χ4n) is 1.87. The summed E-state index contributed by atoms with van der Waals surface area (Å²) in [4.78, 5) is 0.590. The Morgan fingerprint density at radius 3 is 2.60 bits per heavy atom. The van der Waals surface area contributed by atoms with E-state index in [4.69, 9.17) is 18.0 Å². The highest BCUT2D eigenvalue weighted by atomic mass is 32.1. The van der Waals surface area contributed by atoms with Crippen molar-refractivity contribution in [3.05, 3.63) is 17.0 Å². The molecule has 0 amide bonds. The molecule has 0 atom stereocenters. The molecule has 0 aliphatic heterocycles. The molecule has 2 N–H and O–H groups in total. The van der Waals surface area contributed by atoms with Crippen molar-refractivity contribution in [2.75, 3.05) is 0 Å². The number of hydrogen-bond acceptors (Lipinski definition) is 2. The van der Waals surface area contributed by atoms with Gasteiger partial charge in [0, 0.05) is 12.2 Å². The highest BCUT2D eigenvalue weighted by Gasteiger charge is 2.08. The van der Waals surface area contributed by atoms with Gasteiger partial charge in [-0.1, -0.05) is 19.1 Å². The summed E-state index contributed by atoms with van der Waals surface area (Å²) < 4.78 is 2.06. The predicted octanol–water partition coefficient (Wildman–Crippen LogP) is 2.13. The summed E-state index contributed by atoms with van der Waals surface area (Å²) in [5.41, 5.74) is 9.24. The highest BCUT2D eigenvalue weighted by Crippen LogP contribution is 2.13. The van der Waals surface area contributed by atoms with Crippen molar-refractivity contribution in [3.63, 3.8) is 0 Å². The third-order valence-electron chi connectivity index (χ3n) is 2.68. The SMILES string of the molecule is CCc1c(C)nn(CCCC(N)=S)c1C. The molecular weight excluding hydrogens is 206 g/mol. The minimum absolute atomic E-state index is 0.590. The van der Waals surface area contributed by atoms with Crippen LogP contribution in [0.25, 0.3) is 0 Å². The number of aromatic nitrogens is 2. The quantitative estimate of drug-likeness (QED) is 0.781. The Kier molecular flexibility index (Phi) is 4.27. The standard InChI is InChI=1S/C11H19N3S/c1-4-10-8(2)13-14(9(10)3)7-5-6-11(12)15/h4-7H2,1-3H3,(H2,12,15). The molecule has 3 nitrogen and oxygen atoms in total. The van der Waals surface area contributed by atoms with E-state index in [-0.39, 0.29) is 0 Å². The predicted molar refractivity (Wildman–Crippen MR) is 67.1 cm³/mol. The first-order valence-electron chi connectivity index (χ1n) is 5.37. The number of rotatable bonds is 5. The lowest BCUT2D eigenvalue weighted by atomic mass is 10.1. The van der Waals surface area contributed by atoms with Gasteiger partial charge in [0.15, 0.2) is 0 Å². The molecule has 0 unspecified atom stereocenters. The van der Waals surface area contributed by atoms with Crippen molar-refractivity contribution < 1.29 is 0 Å². The molecule has 0 fully saturated rings. The van der Waals surface area contributed by atoms with Crippen molar-refractivity contribution in [1.29, 1.82) is 0 Å². The maximum Gasteiger partial charge on any atom is 0.0728 e. The van der Waals surface area contributed by atoms with Gasteiger partial charge in [0.2, 0.25) is 0 Å². The molecule has 0 saturated heterocycles. The van der Waals surface area contributed by atoms with Crippen LogP contribution >= 0.6 is 12.2 Å². The second kappa shape index (κ2) is 5.26. The Labute approximate surface area is 96.7 Å². The Morgan fingerprint density at radius 2 is 2.13 bits per heavy atom. The summed E-state index contributed by atoms with van der Waals surface area (Å²) in [7, 11) is 0. The third-order valence-corrected chi connectivity index (χ3v) is 2.88. The molecule has 0 aliphatic carbocycles. The van der Waals surface area contributed by atoms with Gasteiger partial charge in [-0.15, -0.1) is 0 Å². The molecule has 0 aliphatic rings. The van der Waals surface area contributed by atoms with Gasteiger partial charge in [0.1, 0.15) is 0 Å². The summed E-state index contributed by atoms with van der Waals surface area (Å²) >= 11 is 4.85. The van der Waals surface area contributed by atoms with Gasteiger partial charge in [0.05, 0.1) is 10.7 Å². The van der Waals surface area contributed by atoms with E-state index in [2.05, 4.69) is 30.6 Å². The van der Waals surface area contributed by atoms with Crippen LogP contribution in [-0.2, 0) is 13.0 Å². The molecule has 0 saturated carbocycles. The number of thiocarbonyl (C=S) groups is 1. The number of nitrogens with two attached hydrogens (primary N) is 1. The first kappa shape index (κ1) is 12.2. The van der Waals surface area contributed by atoms with Crippen LogP contribution in [-0.4, -0.2) is 14.8 Å². The fraction of sp³-hybridized carbons (Fsp3) is 0.636. The molecule has 1 aromatic heterocycles. The minimum Gasteiger partial charge on any atom is -0.393 e. The average molecular weight is 225 g/mol. The molecule has 1 heterocycles. The zero-order chi connectivity index (χ0) is 11.4. The van der Waals surface area contributed by atoms with Crippen molar-refractivity contribution >= 4 is 17.2 Å². The van der Waals surface area contributed by atoms with Gasteiger partial charge in [-0.05, 0) is 38.7 Å². The smallest absolute Gasteiger partial charge is 0.0728 e. The summed E-state index contributed by atoms with van der Waals surface area (Å²) in [6.07, 6.45) is 2.82. The number of hydrogen-bond donors (Lipinski definition) is 1. The molecule has 0 bridgehead atoms. The fourth-order valence-corrected chi connectivity index (χ4v) is 2.01. The van der Waals surface area contributed by atoms with Crippen molar-refractivity contribution in [2.24, 2.45) is 5.73 Å². The summed E-state index contributed by atoms with van der Waals surface area (Å²) in [6, 6.07) is 0. The third kappa shape index (κ3) is 3.02. The van der Waals surface area contributed by atoms with Crippen LogP contribution in [0.2, 0.25) is 0 Å². The Hall–Kier alpha value is -0.900. The van der Waals surface area contributed by atoms with Crippen LogP contribution in [0.4, 0.5) is 0 Å². The Bertz CT molecular complexity index is 355. The van der Waals surface area contributed by atoms with Gasteiger partial charge in [-0.3, -0.25) is 4.68 Å². The van der Waals surface area contributed by atoms with E-state index in [0.717, 1.165) is 31.5 Å². The minimum atomic E-state index is 0.590. The molecule has 4 heteroatoms. The van der Waals surface area contributed by atoms with Crippen LogP contribution in [0, 0.1) is 13.8 Å². The van der Waals surface area contributed by atoms with Crippen LogP contribution in [0.15, 0.2) is 0 Å². The number of aryl methyl sites for hydroxylation is 2. The summed E-state index contributed by atoms with van der Waals surface area (Å²) in [5.74, 6) is 0. The van der Waals surface area contributed by atoms with E-state index in [1.165, 1.54) is 11.3 Å². The molecular formula is C11H19N3S. The van der Waals surface area contributed by atoms with E-state index in [1.54, 1.807) is 0 Å². The zero-order valence-electron chi connectivity index (χ0n) is 9.71. The maximum absolute atomic E-state index is 5.46. The second-order valence-electron chi connectivity index (χ2n) is 3.80. The second-order valence-corrected chi connectivity index (χ2v) is 4.32. The van der Waals surface area contributed by atoms with Crippen molar-refractivity contribution in [2.45, 2.75) is 46.6 Å². The van der Waals surface area contributed by atoms with Gasteiger partial charge in [-0.2, -0.15) is 5.10 Å².